The number of halogens is 5. The fraction of sp³-hybridized carbons (Fsp3) is 0.125. The van der Waals surface area contributed by atoms with E-state index in [1.807, 2.05) is 0 Å². The van der Waals surface area contributed by atoms with Gasteiger partial charge in [0.15, 0.2) is 0 Å². The van der Waals surface area contributed by atoms with Crippen LogP contribution in [-0.2, 0) is 0 Å². The maximum atomic E-state index is 13.7. The lowest BCUT2D eigenvalue weighted by atomic mass is 10.2. The molecule has 4 nitrogen and oxygen atoms in total. The second-order valence-corrected chi connectivity index (χ2v) is 6.10. The Hall–Kier alpha value is -2.42. The number of nitrogens with zero attached hydrogens (tertiary/aromatic N) is 2. The number of H-pyrrole nitrogens is 1. The van der Waals surface area contributed by atoms with Crippen molar-refractivity contribution >= 4 is 38.3 Å². The Kier molecular flexibility index (Phi) is 4.76. The van der Waals surface area contributed by atoms with Crippen molar-refractivity contribution in [2.45, 2.75) is 6.43 Å². The van der Waals surface area contributed by atoms with Gasteiger partial charge in [-0.05, 0) is 36.4 Å². The molecule has 130 valence electrons. The Labute approximate surface area is 147 Å². The molecule has 0 aliphatic carbocycles. The average Bonchev–Trinajstić information content (AvgIpc) is 2.51. The molecule has 1 aromatic heterocycles. The zero-order chi connectivity index (χ0) is 18.1. The van der Waals surface area contributed by atoms with E-state index in [9.17, 15) is 22.4 Å². The Balaban J connectivity index is 2.28. The van der Waals surface area contributed by atoms with Gasteiger partial charge in [0.2, 0.25) is 0 Å². The van der Waals surface area contributed by atoms with Crippen molar-refractivity contribution in [1.82, 2.24) is 9.97 Å². The smallest absolute Gasteiger partial charge is 0.320 e. The summed E-state index contributed by atoms with van der Waals surface area (Å²) in [6.07, 6.45) is -2.80. The van der Waals surface area contributed by atoms with E-state index in [2.05, 4.69) is 25.9 Å². The molecule has 0 amide bonds. The highest BCUT2D eigenvalue weighted by Crippen LogP contribution is 2.32. The van der Waals surface area contributed by atoms with Crippen molar-refractivity contribution < 1.29 is 17.6 Å². The maximum Gasteiger partial charge on any atom is 0.347 e. The molecule has 1 N–H and O–H groups in total. The average molecular weight is 416 g/mol. The summed E-state index contributed by atoms with van der Waals surface area (Å²) < 4.78 is 53.9. The van der Waals surface area contributed by atoms with Gasteiger partial charge in [0.05, 0.1) is 12.1 Å². The number of aromatic amines is 1. The van der Waals surface area contributed by atoms with Crippen LogP contribution in [0, 0.1) is 11.6 Å². The maximum absolute atomic E-state index is 13.7. The van der Waals surface area contributed by atoms with Crippen LogP contribution in [0.4, 0.5) is 29.1 Å². The first-order valence-corrected chi connectivity index (χ1v) is 7.84. The lowest BCUT2D eigenvalue weighted by Gasteiger charge is -2.24. The molecule has 3 aromatic rings. The molecule has 0 unspecified atom stereocenters. The molecular formula is C16H10BrF4N3O. The quantitative estimate of drug-likeness (QED) is 0.643. The van der Waals surface area contributed by atoms with Crippen LogP contribution in [-0.4, -0.2) is 22.9 Å². The lowest BCUT2D eigenvalue weighted by Crippen LogP contribution is -2.27. The van der Waals surface area contributed by atoms with Gasteiger partial charge in [-0.25, -0.2) is 22.4 Å². The minimum absolute atomic E-state index is 0.0517. The molecule has 0 spiro atoms. The van der Waals surface area contributed by atoms with E-state index in [-0.39, 0.29) is 22.4 Å². The molecule has 3 rings (SSSR count). The number of alkyl halides is 2. The zero-order valence-corrected chi connectivity index (χ0v) is 14.0. The Morgan fingerprint density at radius 3 is 2.56 bits per heavy atom. The van der Waals surface area contributed by atoms with Gasteiger partial charge in [-0.15, -0.1) is 0 Å². The number of rotatable bonds is 4. The summed E-state index contributed by atoms with van der Waals surface area (Å²) in [4.78, 5) is 18.9. The summed E-state index contributed by atoms with van der Waals surface area (Å²) in [5.74, 6) is -1.47. The van der Waals surface area contributed by atoms with E-state index in [0.717, 1.165) is 29.2 Å². The molecule has 1 heterocycles. The van der Waals surface area contributed by atoms with Gasteiger partial charge >= 0.3 is 5.69 Å². The third kappa shape index (κ3) is 3.81. The summed E-state index contributed by atoms with van der Waals surface area (Å²) in [6, 6.07) is 7.09. The topological polar surface area (TPSA) is 49.0 Å². The van der Waals surface area contributed by atoms with Crippen LogP contribution in [0.25, 0.3) is 10.9 Å². The van der Waals surface area contributed by atoms with Crippen molar-refractivity contribution in [2.24, 2.45) is 0 Å². The van der Waals surface area contributed by atoms with E-state index in [0.29, 0.717) is 4.47 Å². The van der Waals surface area contributed by atoms with Gasteiger partial charge in [0.1, 0.15) is 17.5 Å². The fourth-order valence-electron chi connectivity index (χ4n) is 2.46. The highest BCUT2D eigenvalue weighted by molar-refractivity contribution is 9.10. The zero-order valence-electron chi connectivity index (χ0n) is 12.4. The SMILES string of the molecule is O=c1nc(N(CC(F)F)c2cc(F)cc(Br)c2)c2cc(F)ccc2[nH]1. The number of anilines is 2. The second kappa shape index (κ2) is 6.83. The number of aromatic nitrogens is 2. The first-order valence-electron chi connectivity index (χ1n) is 7.05. The van der Waals surface area contributed by atoms with E-state index >= 15 is 0 Å². The Morgan fingerprint density at radius 1 is 1.12 bits per heavy atom. The normalized spacial score (nSPS) is 11.3. The number of nitrogens with one attached hydrogen (secondary N) is 1. The molecule has 0 fully saturated rings. The highest BCUT2D eigenvalue weighted by atomic mass is 79.9. The molecular weight excluding hydrogens is 406 g/mol. The van der Waals surface area contributed by atoms with Crippen LogP contribution in [0.15, 0.2) is 45.7 Å². The molecule has 25 heavy (non-hydrogen) atoms. The van der Waals surface area contributed by atoms with Crippen molar-refractivity contribution in [3.05, 3.63) is 63.0 Å². The molecule has 0 radical (unpaired) electrons. The van der Waals surface area contributed by atoms with Gasteiger partial charge in [0, 0.05) is 15.5 Å². The van der Waals surface area contributed by atoms with Crippen LogP contribution in [0.5, 0.6) is 0 Å². The first-order chi connectivity index (χ1) is 11.8. The van der Waals surface area contributed by atoms with Crippen LogP contribution < -0.4 is 10.6 Å². The van der Waals surface area contributed by atoms with Crippen molar-refractivity contribution in [1.29, 1.82) is 0 Å². The monoisotopic (exact) mass is 415 g/mol. The summed E-state index contributed by atoms with van der Waals surface area (Å²) in [5, 5.41) is 0.126. The highest BCUT2D eigenvalue weighted by Gasteiger charge is 2.21. The van der Waals surface area contributed by atoms with Gasteiger partial charge in [-0.2, -0.15) is 4.98 Å². The minimum atomic E-state index is -2.80. The summed E-state index contributed by atoms with van der Waals surface area (Å²) in [6.45, 7) is -0.849. The van der Waals surface area contributed by atoms with E-state index in [1.54, 1.807) is 0 Å². The summed E-state index contributed by atoms with van der Waals surface area (Å²) in [5.41, 5.74) is -0.509. The number of hydrogen-bond donors (Lipinski definition) is 1. The van der Waals surface area contributed by atoms with E-state index in [1.165, 1.54) is 12.1 Å². The predicted molar refractivity (Wildman–Crippen MR) is 89.4 cm³/mol. The van der Waals surface area contributed by atoms with Crippen molar-refractivity contribution in [3.8, 4) is 0 Å². The minimum Gasteiger partial charge on any atom is -0.320 e. The fourth-order valence-corrected chi connectivity index (χ4v) is 2.92. The Morgan fingerprint density at radius 2 is 1.88 bits per heavy atom. The Bertz CT molecular complexity index is 973. The molecule has 0 atom stereocenters. The van der Waals surface area contributed by atoms with Gasteiger partial charge in [0.25, 0.3) is 6.43 Å². The number of hydrogen-bond acceptors (Lipinski definition) is 3. The predicted octanol–water partition coefficient (Wildman–Crippen LogP) is 4.37. The molecule has 0 saturated carbocycles. The van der Waals surface area contributed by atoms with Crippen LogP contribution in [0.3, 0.4) is 0 Å². The summed E-state index contributed by atoms with van der Waals surface area (Å²) >= 11 is 3.09. The third-order valence-electron chi connectivity index (χ3n) is 3.41. The number of benzene rings is 2. The molecule has 0 aliphatic heterocycles. The molecule has 0 aliphatic rings. The first kappa shape index (κ1) is 17.4. The second-order valence-electron chi connectivity index (χ2n) is 5.18. The van der Waals surface area contributed by atoms with Gasteiger partial charge < -0.3 is 9.88 Å². The molecule has 2 aromatic carbocycles. The van der Waals surface area contributed by atoms with Crippen LogP contribution >= 0.6 is 15.9 Å². The van der Waals surface area contributed by atoms with Crippen molar-refractivity contribution in [2.75, 3.05) is 11.4 Å². The summed E-state index contributed by atoms with van der Waals surface area (Å²) in [7, 11) is 0. The number of fused-ring (bicyclic) bond motifs is 1. The largest absolute Gasteiger partial charge is 0.347 e. The standard InChI is InChI=1S/C16H10BrF4N3O/c17-8-3-10(19)5-11(4-8)24(7-14(20)21)15-12-6-9(18)1-2-13(12)22-16(25)23-15/h1-6,14H,7H2,(H,22,23,25). The van der Waals surface area contributed by atoms with Gasteiger partial charge in [-0.1, -0.05) is 15.9 Å². The van der Waals surface area contributed by atoms with E-state index < -0.39 is 30.3 Å². The molecule has 0 saturated heterocycles. The van der Waals surface area contributed by atoms with E-state index in [4.69, 9.17) is 0 Å². The van der Waals surface area contributed by atoms with Crippen LogP contribution in [0.2, 0.25) is 0 Å². The van der Waals surface area contributed by atoms with Crippen LogP contribution in [0.1, 0.15) is 0 Å². The lowest BCUT2D eigenvalue weighted by molar-refractivity contribution is 0.158. The van der Waals surface area contributed by atoms with Gasteiger partial charge in [-0.3, -0.25) is 0 Å². The van der Waals surface area contributed by atoms with Crippen molar-refractivity contribution in [3.63, 3.8) is 0 Å². The molecule has 9 heteroatoms. The molecule has 0 bridgehead atoms. The third-order valence-corrected chi connectivity index (χ3v) is 3.86.